The Morgan fingerprint density at radius 2 is 1.86 bits per heavy atom. The Hall–Kier alpha value is -1.08. The molecule has 0 heterocycles. The molecule has 14 heavy (non-hydrogen) atoms. The maximum atomic E-state index is 5.57. The van der Waals surface area contributed by atoms with Gasteiger partial charge in [-0.25, -0.2) is 0 Å². The average Bonchev–Trinajstić information content (AvgIpc) is 2.26. The molecule has 1 radical (unpaired) electrons. The minimum absolute atomic E-state index is 0.983. The van der Waals surface area contributed by atoms with E-state index in [4.69, 9.17) is 6.58 Å². The molecular formula is C13H18N. The maximum Gasteiger partial charge on any atom is 0.0239 e. The minimum atomic E-state index is 0.983. The van der Waals surface area contributed by atoms with Crippen LogP contribution in [0.3, 0.4) is 0 Å². The number of benzene rings is 1. The maximum absolute atomic E-state index is 5.57. The van der Waals surface area contributed by atoms with E-state index in [2.05, 4.69) is 36.9 Å². The molecule has 0 bridgehead atoms. The third-order valence-electron chi connectivity index (χ3n) is 2.52. The van der Waals surface area contributed by atoms with E-state index < -0.39 is 0 Å². The van der Waals surface area contributed by atoms with Crippen LogP contribution in [0, 0.1) is 6.58 Å². The van der Waals surface area contributed by atoms with E-state index in [0.717, 1.165) is 25.2 Å². The van der Waals surface area contributed by atoms with E-state index in [0.29, 0.717) is 0 Å². The van der Waals surface area contributed by atoms with Crippen LogP contribution in [0.1, 0.15) is 25.0 Å². The molecule has 0 atom stereocenters. The molecule has 0 aliphatic rings. The van der Waals surface area contributed by atoms with E-state index in [1.54, 1.807) is 6.08 Å². The van der Waals surface area contributed by atoms with Crippen LogP contribution in [0.25, 0.3) is 6.08 Å². The van der Waals surface area contributed by atoms with Crippen LogP contribution in [0.15, 0.2) is 24.3 Å². The van der Waals surface area contributed by atoms with E-state index in [1.165, 1.54) is 5.56 Å². The van der Waals surface area contributed by atoms with E-state index in [-0.39, 0.29) is 0 Å². The van der Waals surface area contributed by atoms with Gasteiger partial charge in [-0.3, -0.25) is 4.90 Å². The lowest BCUT2D eigenvalue weighted by Gasteiger charge is -2.19. The molecule has 1 aromatic carbocycles. The van der Waals surface area contributed by atoms with Crippen molar-refractivity contribution in [1.82, 2.24) is 4.90 Å². The quantitative estimate of drug-likeness (QED) is 0.686. The molecular weight excluding hydrogens is 170 g/mol. The number of rotatable bonds is 5. The first-order chi connectivity index (χ1) is 6.81. The molecule has 1 rings (SSSR count). The second-order valence-corrected chi connectivity index (χ2v) is 3.33. The fraction of sp³-hybridized carbons (Fsp3) is 0.385. The van der Waals surface area contributed by atoms with Crippen LogP contribution < -0.4 is 0 Å². The highest BCUT2D eigenvalue weighted by Gasteiger charge is 2.03. The monoisotopic (exact) mass is 188 g/mol. The van der Waals surface area contributed by atoms with Crippen molar-refractivity contribution in [2.45, 2.75) is 20.4 Å². The molecule has 1 aromatic rings. The van der Waals surface area contributed by atoms with Gasteiger partial charge in [0.1, 0.15) is 0 Å². The average molecular weight is 188 g/mol. The zero-order valence-electron chi connectivity index (χ0n) is 9.03. The standard InChI is InChI=1S/C13H18N/c1-4-12-9-7-8-10-13(12)11-14(5-2)6-3/h1,4,7-10H,5-6,11H2,2-3H3. The van der Waals surface area contributed by atoms with Crippen LogP contribution in [-0.2, 0) is 6.54 Å². The van der Waals surface area contributed by atoms with E-state index >= 15 is 0 Å². The Bertz CT molecular complexity index is 287. The van der Waals surface area contributed by atoms with Gasteiger partial charge in [-0.1, -0.05) is 50.8 Å². The Labute approximate surface area is 87.1 Å². The highest BCUT2D eigenvalue weighted by Crippen LogP contribution is 2.12. The highest BCUT2D eigenvalue weighted by atomic mass is 15.1. The molecule has 0 aliphatic carbocycles. The van der Waals surface area contributed by atoms with Gasteiger partial charge in [-0.15, -0.1) is 0 Å². The lowest BCUT2D eigenvalue weighted by Crippen LogP contribution is -2.22. The third kappa shape index (κ3) is 2.71. The van der Waals surface area contributed by atoms with Crippen molar-refractivity contribution < 1.29 is 0 Å². The van der Waals surface area contributed by atoms with Gasteiger partial charge in [0.05, 0.1) is 0 Å². The zero-order chi connectivity index (χ0) is 10.4. The fourth-order valence-electron chi connectivity index (χ4n) is 1.53. The summed E-state index contributed by atoms with van der Waals surface area (Å²) >= 11 is 0. The number of hydrogen-bond donors (Lipinski definition) is 0. The van der Waals surface area contributed by atoms with Crippen molar-refractivity contribution in [3.8, 4) is 0 Å². The zero-order valence-corrected chi connectivity index (χ0v) is 9.03. The fourth-order valence-corrected chi connectivity index (χ4v) is 1.53. The SMILES string of the molecule is [CH]=Cc1ccccc1CN(CC)CC. The summed E-state index contributed by atoms with van der Waals surface area (Å²) in [5.41, 5.74) is 2.44. The molecule has 0 amide bonds. The van der Waals surface area contributed by atoms with E-state index in [9.17, 15) is 0 Å². The van der Waals surface area contributed by atoms with Crippen LogP contribution >= 0.6 is 0 Å². The summed E-state index contributed by atoms with van der Waals surface area (Å²) in [6.07, 6.45) is 1.68. The van der Waals surface area contributed by atoms with Gasteiger partial charge < -0.3 is 0 Å². The smallest absolute Gasteiger partial charge is 0.0239 e. The lowest BCUT2D eigenvalue weighted by atomic mass is 10.1. The molecule has 0 N–H and O–H groups in total. The van der Waals surface area contributed by atoms with Crippen LogP contribution in [0.2, 0.25) is 0 Å². The van der Waals surface area contributed by atoms with Crippen molar-refractivity contribution in [3.05, 3.63) is 42.0 Å². The summed E-state index contributed by atoms with van der Waals surface area (Å²) in [6, 6.07) is 8.27. The summed E-state index contributed by atoms with van der Waals surface area (Å²) < 4.78 is 0. The molecule has 0 saturated heterocycles. The van der Waals surface area contributed by atoms with Gasteiger partial charge in [0.2, 0.25) is 0 Å². The second-order valence-electron chi connectivity index (χ2n) is 3.33. The van der Waals surface area contributed by atoms with Crippen molar-refractivity contribution in [1.29, 1.82) is 0 Å². The normalized spacial score (nSPS) is 10.5. The van der Waals surface area contributed by atoms with Crippen molar-refractivity contribution in [3.63, 3.8) is 0 Å². The molecule has 0 aromatic heterocycles. The predicted molar refractivity (Wildman–Crippen MR) is 61.8 cm³/mol. The van der Waals surface area contributed by atoms with Crippen LogP contribution in [0.4, 0.5) is 0 Å². The summed E-state index contributed by atoms with van der Waals surface area (Å²) in [5.74, 6) is 0. The van der Waals surface area contributed by atoms with Crippen molar-refractivity contribution in [2.24, 2.45) is 0 Å². The lowest BCUT2D eigenvalue weighted by molar-refractivity contribution is 0.295. The first-order valence-electron chi connectivity index (χ1n) is 5.17. The van der Waals surface area contributed by atoms with Gasteiger partial charge in [0.25, 0.3) is 0 Å². The Kier molecular flexibility index (Phi) is 4.41. The summed E-state index contributed by atoms with van der Waals surface area (Å²) in [7, 11) is 0. The van der Waals surface area contributed by atoms with E-state index in [1.807, 2.05) is 6.07 Å². The van der Waals surface area contributed by atoms with Crippen molar-refractivity contribution >= 4 is 6.08 Å². The Morgan fingerprint density at radius 3 is 2.43 bits per heavy atom. The third-order valence-corrected chi connectivity index (χ3v) is 2.52. The molecule has 0 unspecified atom stereocenters. The van der Waals surface area contributed by atoms with Crippen molar-refractivity contribution in [2.75, 3.05) is 13.1 Å². The predicted octanol–water partition coefficient (Wildman–Crippen LogP) is 2.97. The van der Waals surface area contributed by atoms with Gasteiger partial charge >= 0.3 is 0 Å². The first-order valence-corrected chi connectivity index (χ1v) is 5.17. The Balaban J connectivity index is 2.79. The van der Waals surface area contributed by atoms with Gasteiger partial charge in [-0.05, 0) is 24.2 Å². The highest BCUT2D eigenvalue weighted by molar-refractivity contribution is 5.50. The number of nitrogens with zero attached hydrogens (tertiary/aromatic N) is 1. The van der Waals surface area contributed by atoms with Gasteiger partial charge in [0, 0.05) is 6.54 Å². The summed E-state index contributed by atoms with van der Waals surface area (Å²) in [6.45, 7) is 13.1. The molecule has 1 nitrogen and oxygen atoms in total. The van der Waals surface area contributed by atoms with Gasteiger partial charge in [-0.2, -0.15) is 0 Å². The molecule has 0 spiro atoms. The van der Waals surface area contributed by atoms with Crippen LogP contribution in [0.5, 0.6) is 0 Å². The first kappa shape index (κ1) is 11.0. The van der Waals surface area contributed by atoms with Crippen LogP contribution in [-0.4, -0.2) is 18.0 Å². The summed E-state index contributed by atoms with van der Waals surface area (Å²) in [4.78, 5) is 2.38. The largest absolute Gasteiger partial charge is 0.300 e. The second kappa shape index (κ2) is 5.61. The Morgan fingerprint density at radius 1 is 1.21 bits per heavy atom. The molecule has 75 valence electrons. The molecule has 0 fully saturated rings. The number of hydrogen-bond acceptors (Lipinski definition) is 1. The molecule has 1 heteroatoms. The summed E-state index contributed by atoms with van der Waals surface area (Å²) in [5, 5.41) is 0. The van der Waals surface area contributed by atoms with Gasteiger partial charge in [0.15, 0.2) is 0 Å². The molecule has 0 aliphatic heterocycles. The minimum Gasteiger partial charge on any atom is -0.300 e. The molecule has 0 saturated carbocycles. The topological polar surface area (TPSA) is 3.24 Å².